The van der Waals surface area contributed by atoms with Crippen LogP contribution in [0.2, 0.25) is 15.1 Å². The third-order valence-electron chi connectivity index (χ3n) is 3.37. The molecule has 5 nitrogen and oxygen atoms in total. The Morgan fingerprint density at radius 3 is 2.12 bits per heavy atom. The summed E-state index contributed by atoms with van der Waals surface area (Å²) in [5, 5.41) is 9.66. The van der Waals surface area contributed by atoms with Gasteiger partial charge in [0, 0.05) is 17.8 Å². The highest BCUT2D eigenvalue weighted by molar-refractivity contribution is 6.42. The topological polar surface area (TPSA) is 70.2 Å². The lowest BCUT2D eigenvalue weighted by atomic mass is 10.2. The first kappa shape index (κ1) is 20.4. The van der Waals surface area contributed by atoms with E-state index >= 15 is 0 Å². The number of halogens is 3. The van der Waals surface area contributed by atoms with E-state index in [9.17, 15) is 9.59 Å². The number of rotatable bonds is 7. The minimum absolute atomic E-state index is 0.00761. The summed E-state index contributed by atoms with van der Waals surface area (Å²) in [7, 11) is 0. The molecule has 0 atom stereocenters. The lowest BCUT2D eigenvalue weighted by Gasteiger charge is -2.12. The summed E-state index contributed by atoms with van der Waals surface area (Å²) < 4.78 is 0. The number of carbonyl (C=O) groups is 2. The minimum Gasteiger partial charge on any atom is -0.375 e. The number of amides is 2. The lowest BCUT2D eigenvalue weighted by molar-refractivity contribution is -0.116. The van der Waals surface area contributed by atoms with Crippen LogP contribution in [0.15, 0.2) is 36.4 Å². The van der Waals surface area contributed by atoms with Gasteiger partial charge in [0.1, 0.15) is 0 Å². The van der Waals surface area contributed by atoms with Gasteiger partial charge < -0.3 is 16.0 Å². The first-order chi connectivity index (χ1) is 12.4. The second-order valence-corrected chi connectivity index (χ2v) is 6.75. The zero-order valence-corrected chi connectivity index (χ0v) is 16.3. The van der Waals surface area contributed by atoms with Gasteiger partial charge >= 0.3 is 0 Å². The Kier molecular flexibility index (Phi) is 7.57. The average Bonchev–Trinajstić information content (AvgIpc) is 2.59. The molecular weight excluding hydrogens is 397 g/mol. The molecule has 0 aliphatic carbocycles. The summed E-state index contributed by atoms with van der Waals surface area (Å²) in [4.78, 5) is 23.8. The maximum Gasteiger partial charge on any atom is 0.243 e. The van der Waals surface area contributed by atoms with Crippen molar-refractivity contribution >= 4 is 63.7 Å². The van der Waals surface area contributed by atoms with Crippen LogP contribution in [-0.4, -0.2) is 18.4 Å². The van der Waals surface area contributed by atoms with Crippen molar-refractivity contribution in [2.75, 3.05) is 22.5 Å². The zero-order chi connectivity index (χ0) is 19.1. The molecule has 0 radical (unpaired) electrons. The van der Waals surface area contributed by atoms with E-state index in [1.54, 1.807) is 36.4 Å². The Balaban J connectivity index is 1.96. The van der Waals surface area contributed by atoms with Crippen LogP contribution in [0, 0.1) is 0 Å². The predicted octanol–water partition coefficient (Wildman–Crippen LogP) is 5.44. The molecule has 0 unspecified atom stereocenters. The van der Waals surface area contributed by atoms with Crippen LogP contribution < -0.4 is 16.0 Å². The molecule has 0 bridgehead atoms. The van der Waals surface area contributed by atoms with Gasteiger partial charge in [-0.15, -0.1) is 0 Å². The van der Waals surface area contributed by atoms with Crippen molar-refractivity contribution in [3.63, 3.8) is 0 Å². The van der Waals surface area contributed by atoms with Gasteiger partial charge in [-0.2, -0.15) is 0 Å². The standard InChI is InChI=1S/C18H18Cl3N3O2/c1-2-3-17(25)23-12-5-7-14(20)16(9-12)22-10-18(26)24-11-4-6-13(19)15(21)8-11/h4-9,22H,2-3,10H2,1H3,(H,23,25)(H,24,26). The molecule has 138 valence electrons. The molecule has 0 aliphatic heterocycles. The quantitative estimate of drug-likeness (QED) is 0.565. The maximum atomic E-state index is 12.1. The van der Waals surface area contributed by atoms with Crippen molar-refractivity contribution in [2.24, 2.45) is 0 Å². The highest BCUT2D eigenvalue weighted by Crippen LogP contribution is 2.26. The summed E-state index contributed by atoms with van der Waals surface area (Å²) in [6, 6.07) is 9.87. The van der Waals surface area contributed by atoms with Crippen LogP contribution in [0.3, 0.4) is 0 Å². The highest BCUT2D eigenvalue weighted by atomic mass is 35.5. The second-order valence-electron chi connectivity index (χ2n) is 5.52. The first-order valence-electron chi connectivity index (χ1n) is 7.97. The molecule has 3 N–H and O–H groups in total. The van der Waals surface area contributed by atoms with Crippen LogP contribution in [0.5, 0.6) is 0 Å². The van der Waals surface area contributed by atoms with Gasteiger partial charge in [0.05, 0.1) is 27.3 Å². The third-order valence-corrected chi connectivity index (χ3v) is 4.44. The van der Waals surface area contributed by atoms with Crippen molar-refractivity contribution in [2.45, 2.75) is 19.8 Å². The van der Waals surface area contributed by atoms with E-state index < -0.39 is 0 Å². The highest BCUT2D eigenvalue weighted by Gasteiger charge is 2.08. The number of hydrogen-bond acceptors (Lipinski definition) is 3. The summed E-state index contributed by atoms with van der Waals surface area (Å²) in [6.07, 6.45) is 1.21. The molecular formula is C18H18Cl3N3O2. The summed E-state index contributed by atoms with van der Waals surface area (Å²) in [5.74, 6) is -0.349. The van der Waals surface area contributed by atoms with Gasteiger partial charge in [0.15, 0.2) is 0 Å². The number of benzene rings is 2. The molecule has 0 saturated heterocycles. The van der Waals surface area contributed by atoms with Crippen molar-refractivity contribution in [3.05, 3.63) is 51.5 Å². The van der Waals surface area contributed by atoms with E-state index in [0.717, 1.165) is 6.42 Å². The van der Waals surface area contributed by atoms with E-state index in [0.29, 0.717) is 38.6 Å². The summed E-state index contributed by atoms with van der Waals surface area (Å²) in [5.41, 5.74) is 1.70. The normalized spacial score (nSPS) is 10.3. The van der Waals surface area contributed by atoms with Crippen molar-refractivity contribution in [1.29, 1.82) is 0 Å². The maximum absolute atomic E-state index is 12.1. The largest absolute Gasteiger partial charge is 0.375 e. The SMILES string of the molecule is CCCC(=O)Nc1ccc(Cl)c(NCC(=O)Nc2ccc(Cl)c(Cl)c2)c1. The lowest BCUT2D eigenvalue weighted by Crippen LogP contribution is -2.22. The zero-order valence-electron chi connectivity index (χ0n) is 14.0. The summed E-state index contributed by atoms with van der Waals surface area (Å²) >= 11 is 17.9. The van der Waals surface area contributed by atoms with Gasteiger partial charge in [-0.3, -0.25) is 9.59 Å². The van der Waals surface area contributed by atoms with Gasteiger partial charge in [-0.1, -0.05) is 41.7 Å². The molecule has 26 heavy (non-hydrogen) atoms. The van der Waals surface area contributed by atoms with Crippen LogP contribution >= 0.6 is 34.8 Å². The Labute approximate surface area is 167 Å². The number of carbonyl (C=O) groups excluding carboxylic acids is 2. The van der Waals surface area contributed by atoms with Crippen molar-refractivity contribution in [1.82, 2.24) is 0 Å². The van der Waals surface area contributed by atoms with Crippen LogP contribution in [0.4, 0.5) is 17.1 Å². The van der Waals surface area contributed by atoms with Gasteiger partial charge in [0.2, 0.25) is 11.8 Å². The van der Waals surface area contributed by atoms with Crippen LogP contribution in [-0.2, 0) is 9.59 Å². The van der Waals surface area contributed by atoms with Crippen LogP contribution in [0.25, 0.3) is 0 Å². The van der Waals surface area contributed by atoms with E-state index in [-0.39, 0.29) is 18.4 Å². The fourth-order valence-electron chi connectivity index (χ4n) is 2.14. The number of anilines is 3. The number of hydrogen-bond donors (Lipinski definition) is 3. The first-order valence-corrected chi connectivity index (χ1v) is 9.10. The smallest absolute Gasteiger partial charge is 0.243 e. The molecule has 2 aromatic rings. The molecule has 0 aromatic heterocycles. The fourth-order valence-corrected chi connectivity index (χ4v) is 2.63. The molecule has 8 heteroatoms. The molecule has 0 spiro atoms. The number of nitrogens with one attached hydrogen (secondary N) is 3. The Bertz CT molecular complexity index is 812. The Morgan fingerprint density at radius 2 is 1.46 bits per heavy atom. The average molecular weight is 415 g/mol. The molecule has 2 amide bonds. The van der Waals surface area contributed by atoms with Crippen molar-refractivity contribution < 1.29 is 9.59 Å². The molecule has 2 rings (SSSR count). The third kappa shape index (κ3) is 6.09. The molecule has 0 aliphatic rings. The predicted molar refractivity (Wildman–Crippen MR) is 109 cm³/mol. The second kappa shape index (κ2) is 9.67. The van der Waals surface area contributed by atoms with Crippen LogP contribution in [0.1, 0.15) is 19.8 Å². The molecule has 0 heterocycles. The van der Waals surface area contributed by atoms with E-state index in [1.807, 2.05) is 6.92 Å². The van der Waals surface area contributed by atoms with E-state index in [4.69, 9.17) is 34.8 Å². The summed E-state index contributed by atoms with van der Waals surface area (Å²) in [6.45, 7) is 1.92. The molecule has 0 saturated carbocycles. The van der Waals surface area contributed by atoms with Gasteiger partial charge in [0.25, 0.3) is 0 Å². The molecule has 2 aromatic carbocycles. The van der Waals surface area contributed by atoms with E-state index in [1.165, 1.54) is 0 Å². The van der Waals surface area contributed by atoms with Crippen molar-refractivity contribution in [3.8, 4) is 0 Å². The van der Waals surface area contributed by atoms with Gasteiger partial charge in [-0.25, -0.2) is 0 Å². The van der Waals surface area contributed by atoms with Gasteiger partial charge in [-0.05, 0) is 42.8 Å². The Morgan fingerprint density at radius 1 is 0.846 bits per heavy atom. The fraction of sp³-hybridized carbons (Fsp3) is 0.222. The van der Waals surface area contributed by atoms with E-state index in [2.05, 4.69) is 16.0 Å². The Hall–Kier alpha value is -1.95. The molecule has 0 fully saturated rings. The monoisotopic (exact) mass is 413 g/mol. The minimum atomic E-state index is -0.278.